The number of amides is 1. The van der Waals surface area contributed by atoms with Gasteiger partial charge in [-0.2, -0.15) is 0 Å². The Morgan fingerprint density at radius 3 is 1.88 bits per heavy atom. The summed E-state index contributed by atoms with van der Waals surface area (Å²) < 4.78 is 44.2. The van der Waals surface area contributed by atoms with Gasteiger partial charge in [-0.25, -0.2) is 16.4 Å². The highest BCUT2D eigenvalue weighted by Crippen LogP contribution is 2.47. The van der Waals surface area contributed by atoms with Crippen LogP contribution in [0.4, 0.5) is 5.69 Å². The molecule has 3 heterocycles. The molecule has 3 aromatic rings. The zero-order valence-electron chi connectivity index (χ0n) is 36.7. The number of carbonyl (C=O) groups excluding carboxylic acids is 3. The van der Waals surface area contributed by atoms with Gasteiger partial charge in [-0.3, -0.25) is 14.2 Å². The summed E-state index contributed by atoms with van der Waals surface area (Å²) >= 11 is 5.17. The van der Waals surface area contributed by atoms with Gasteiger partial charge in [0.2, 0.25) is 11.7 Å². The molecule has 2 aliphatic rings. The van der Waals surface area contributed by atoms with Crippen LogP contribution in [0.3, 0.4) is 0 Å². The van der Waals surface area contributed by atoms with Crippen LogP contribution in [0.15, 0.2) is 30.6 Å². The molecule has 0 spiro atoms. The number of aryl methyl sites for hydroxylation is 2. The lowest BCUT2D eigenvalue weighted by atomic mass is 10.00. The van der Waals surface area contributed by atoms with E-state index in [2.05, 4.69) is 19.7 Å². The van der Waals surface area contributed by atoms with Crippen molar-refractivity contribution < 1.29 is 52.3 Å². The van der Waals surface area contributed by atoms with Gasteiger partial charge in [0, 0.05) is 37.8 Å². The highest BCUT2D eigenvalue weighted by atomic mass is 35.7. The molecule has 0 saturated carbocycles. The van der Waals surface area contributed by atoms with Crippen molar-refractivity contribution in [2.45, 2.75) is 113 Å². The number of aromatic nitrogens is 2. The number of esters is 1. The number of imidazole rings is 1. The summed E-state index contributed by atoms with van der Waals surface area (Å²) in [4.78, 5) is 40.3. The van der Waals surface area contributed by atoms with E-state index in [4.69, 9.17) is 46.6 Å². The van der Waals surface area contributed by atoms with Crippen molar-refractivity contribution in [3.8, 4) is 28.7 Å². The number of aliphatic hydroxyl groups is 1. The molecule has 1 atom stereocenters. The summed E-state index contributed by atoms with van der Waals surface area (Å²) in [5.41, 5.74) is 4.81. The molecular formula is C42H62ClN4O11P. The van der Waals surface area contributed by atoms with Gasteiger partial charge in [0.15, 0.2) is 28.7 Å². The topological polar surface area (TPSA) is 178 Å². The molecular weight excluding hydrogens is 803 g/mol. The van der Waals surface area contributed by atoms with E-state index in [1.165, 1.54) is 13.6 Å². The van der Waals surface area contributed by atoms with Crippen LogP contribution in [0.1, 0.15) is 103 Å². The first kappa shape index (κ1) is 52.4. The Morgan fingerprint density at radius 1 is 0.932 bits per heavy atom. The molecule has 17 heteroatoms. The molecule has 0 saturated heterocycles. The fraction of sp³-hybridized carbons (Fsp3) is 0.548. The Hall–Kier alpha value is -4.61. The van der Waals surface area contributed by atoms with E-state index in [-0.39, 0.29) is 36.4 Å². The average molecular weight is 865 g/mol. The normalized spacial score (nSPS) is 13.1. The van der Waals surface area contributed by atoms with Crippen LogP contribution in [-0.2, 0) is 42.7 Å². The number of Topliss-reactive ketones (excluding diaryl/α,β-unsaturated/α-hetero) is 1. The number of anilines is 1. The lowest BCUT2D eigenvalue weighted by molar-refractivity contribution is -0.116. The fourth-order valence-corrected chi connectivity index (χ4v) is 5.95. The van der Waals surface area contributed by atoms with E-state index in [1.54, 1.807) is 55.2 Å². The number of ketones is 1. The standard InChI is InChI=1S/C18H22N2O4.C13H17NO3.C4H5NO.C4H10O.C3H8ClO2P/c1-5-23-18(21)17-13-7-6-12-8-15(22-4)16(24-11(2)3)9-14(12)20(13)10-19-17;1-8(2)17-12-7-10-9(6-11(12)16-3)4-5-13(15)14-10;1-4(6)3-5-2;1-4(2,3)5;1-3-6-7(2,4)5/h8-11H,5-7H2,1-4H3;6-8H,4-5H2,1-3H3,(H,14,15);3H2,1H3;5H,1-3H3;3H2,1-2H3. The highest BCUT2D eigenvalue weighted by molar-refractivity contribution is 7.84. The molecule has 2 aromatic carbocycles. The second-order valence-corrected chi connectivity index (χ2v) is 18.3. The minimum Gasteiger partial charge on any atom is -0.493 e. The maximum atomic E-state index is 12.1. The third kappa shape index (κ3) is 19.8. The Labute approximate surface area is 354 Å². The molecule has 15 nitrogen and oxygen atoms in total. The average Bonchev–Trinajstić information content (AvgIpc) is 3.55. The highest BCUT2D eigenvalue weighted by Gasteiger charge is 2.26. The van der Waals surface area contributed by atoms with Crippen LogP contribution in [0.5, 0.6) is 23.0 Å². The molecule has 0 fully saturated rings. The minimum absolute atomic E-state index is 0.0278. The predicted molar refractivity (Wildman–Crippen MR) is 230 cm³/mol. The zero-order chi connectivity index (χ0) is 45.1. The monoisotopic (exact) mass is 864 g/mol. The fourth-order valence-electron chi connectivity index (χ4n) is 5.20. The van der Waals surface area contributed by atoms with E-state index >= 15 is 0 Å². The predicted octanol–water partition coefficient (Wildman–Crippen LogP) is 8.67. The molecule has 2 aliphatic heterocycles. The van der Waals surface area contributed by atoms with Gasteiger partial charge < -0.3 is 48.0 Å². The number of nitrogens with zero attached hydrogens (tertiary/aromatic N) is 3. The van der Waals surface area contributed by atoms with Crippen molar-refractivity contribution in [3.05, 3.63) is 64.5 Å². The Kier molecular flexibility index (Phi) is 22.3. The SMILES string of the molecule is CC(C)(C)O.CCOC(=O)c1ncn2c1CCc1cc(OC)c(OC(C)C)cc1-2.CCOP(C)(=O)Cl.COc1cc2c(cc1OC(C)C)NC(=O)CC2.[C-]#[N+]CC(C)=O. The van der Waals surface area contributed by atoms with E-state index < -0.39 is 12.3 Å². The van der Waals surface area contributed by atoms with Gasteiger partial charge in [0.25, 0.3) is 13.3 Å². The van der Waals surface area contributed by atoms with E-state index in [0.717, 1.165) is 53.2 Å². The number of rotatable bonds is 11. The van der Waals surface area contributed by atoms with E-state index in [9.17, 15) is 18.9 Å². The number of carbonyl (C=O) groups is 3. The first-order chi connectivity index (χ1) is 27.5. The van der Waals surface area contributed by atoms with Crippen LogP contribution in [0, 0.1) is 6.57 Å². The van der Waals surface area contributed by atoms with E-state index in [0.29, 0.717) is 42.6 Å². The lowest BCUT2D eigenvalue weighted by Gasteiger charge is -2.22. The summed E-state index contributed by atoms with van der Waals surface area (Å²) in [7, 11) is 3.26. The number of halogens is 1. The second-order valence-electron chi connectivity index (χ2n) is 14.7. The molecule has 0 bridgehead atoms. The molecule has 0 radical (unpaired) electrons. The minimum atomic E-state index is -2.69. The van der Waals surface area contributed by atoms with Crippen molar-refractivity contribution in [3.63, 3.8) is 0 Å². The van der Waals surface area contributed by atoms with Gasteiger partial charge in [0.1, 0.15) is 6.33 Å². The summed E-state index contributed by atoms with van der Waals surface area (Å²) in [5.74, 6) is 2.41. The molecule has 2 N–H and O–H groups in total. The maximum Gasteiger partial charge on any atom is 0.358 e. The van der Waals surface area contributed by atoms with Crippen molar-refractivity contribution >= 4 is 41.3 Å². The van der Waals surface area contributed by atoms with Gasteiger partial charge >= 0.3 is 5.97 Å². The smallest absolute Gasteiger partial charge is 0.358 e. The molecule has 1 amide bonds. The van der Waals surface area contributed by atoms with Crippen LogP contribution in [0.25, 0.3) is 10.5 Å². The van der Waals surface area contributed by atoms with Gasteiger partial charge in [-0.1, -0.05) is 0 Å². The number of methoxy groups -OCH3 is 2. The van der Waals surface area contributed by atoms with Crippen LogP contribution >= 0.6 is 18.0 Å². The maximum absolute atomic E-state index is 12.1. The van der Waals surface area contributed by atoms with Gasteiger partial charge in [-0.05, 0) is 116 Å². The molecule has 1 aromatic heterocycles. The van der Waals surface area contributed by atoms with Crippen molar-refractivity contribution in [2.75, 3.05) is 46.0 Å². The van der Waals surface area contributed by atoms with E-state index in [1.807, 2.05) is 56.5 Å². The molecule has 59 heavy (non-hydrogen) atoms. The third-order valence-corrected chi connectivity index (χ3v) is 8.27. The summed E-state index contributed by atoms with van der Waals surface area (Å²) in [6, 6.07) is 7.73. The lowest BCUT2D eigenvalue weighted by Crippen LogP contribution is -2.19. The number of nitrogens with one attached hydrogen (secondary N) is 1. The molecule has 5 rings (SSSR count). The summed E-state index contributed by atoms with van der Waals surface area (Å²) in [5, 5.41) is 11.4. The molecule has 0 aliphatic carbocycles. The molecule has 328 valence electrons. The first-order valence-corrected chi connectivity index (χ1v) is 22.2. The van der Waals surface area contributed by atoms with Crippen LogP contribution in [-0.4, -0.2) is 90.8 Å². The van der Waals surface area contributed by atoms with Crippen LogP contribution in [0.2, 0.25) is 0 Å². The largest absolute Gasteiger partial charge is 0.493 e. The third-order valence-electron chi connectivity index (χ3n) is 7.26. The summed E-state index contributed by atoms with van der Waals surface area (Å²) in [6.45, 7) is 23.6. The van der Waals surface area contributed by atoms with Crippen LogP contribution < -0.4 is 24.3 Å². The quantitative estimate of drug-likeness (QED) is 0.107. The van der Waals surface area contributed by atoms with Crippen molar-refractivity contribution in [1.82, 2.24) is 9.55 Å². The number of hydrogen-bond acceptors (Lipinski definition) is 12. The van der Waals surface area contributed by atoms with Gasteiger partial charge in [-0.15, -0.1) is 0 Å². The number of ether oxygens (including phenoxy) is 5. The van der Waals surface area contributed by atoms with Crippen molar-refractivity contribution in [2.24, 2.45) is 0 Å². The Morgan fingerprint density at radius 2 is 1.46 bits per heavy atom. The summed E-state index contributed by atoms with van der Waals surface area (Å²) in [6.07, 6.45) is 4.60. The number of fused-ring (bicyclic) bond motifs is 4. The zero-order valence-corrected chi connectivity index (χ0v) is 38.3. The van der Waals surface area contributed by atoms with Gasteiger partial charge in [0.05, 0.1) is 56.6 Å². The second kappa shape index (κ2) is 25.1. The molecule has 1 unspecified atom stereocenters. The number of benzene rings is 2. The number of hydrogen-bond donors (Lipinski definition) is 2. The Bertz CT molecular complexity index is 1920. The first-order valence-electron chi connectivity index (χ1n) is 19.2. The Balaban J connectivity index is 0.000000429. The van der Waals surface area contributed by atoms with Crippen molar-refractivity contribution in [1.29, 1.82) is 0 Å².